The molecule has 0 bridgehead atoms. The van der Waals surface area contributed by atoms with Gasteiger partial charge in [-0.05, 0) is 0 Å². The molecule has 0 spiro atoms. The van der Waals surface area contributed by atoms with E-state index in [0.29, 0.717) is 0 Å². The van der Waals surface area contributed by atoms with Gasteiger partial charge in [0.1, 0.15) is 0 Å². The first-order chi connectivity index (χ1) is 9.64. The Kier molecular flexibility index (Phi) is 13.5. The van der Waals surface area contributed by atoms with E-state index in [-0.39, 0.29) is 6.10 Å². The van der Waals surface area contributed by atoms with Crippen molar-refractivity contribution in [2.45, 2.75) is 96.0 Å². The average molecular weight is 389 g/mol. The molecule has 0 saturated carbocycles. The van der Waals surface area contributed by atoms with Crippen LogP contribution in [-0.2, 0) is 0 Å². The zero-order valence-corrected chi connectivity index (χ0v) is 17.1. The van der Waals surface area contributed by atoms with Gasteiger partial charge >= 0.3 is 132 Å². The monoisotopic (exact) mass is 390 g/mol. The second-order valence-electron chi connectivity index (χ2n) is 6.53. The predicted octanol–water partition coefficient (Wildman–Crippen LogP) is 6.16. The molecule has 0 aliphatic rings. The van der Waals surface area contributed by atoms with Gasteiger partial charge in [-0.1, -0.05) is 0 Å². The Morgan fingerprint density at radius 1 is 0.900 bits per heavy atom. The minimum absolute atomic E-state index is 0.131. The number of aliphatic hydroxyl groups is 1. The van der Waals surface area contributed by atoms with Crippen LogP contribution in [0.4, 0.5) is 0 Å². The van der Waals surface area contributed by atoms with Gasteiger partial charge in [-0.2, -0.15) is 0 Å². The summed E-state index contributed by atoms with van der Waals surface area (Å²) < 4.78 is 6.09. The van der Waals surface area contributed by atoms with Crippen molar-refractivity contribution in [2.24, 2.45) is 0 Å². The van der Waals surface area contributed by atoms with E-state index in [2.05, 4.69) is 27.4 Å². The number of aliphatic hydroxyl groups excluding tert-OH is 1. The second-order valence-corrected chi connectivity index (χ2v) is 20.8. The van der Waals surface area contributed by atoms with Gasteiger partial charge in [-0.25, -0.2) is 0 Å². The summed E-state index contributed by atoms with van der Waals surface area (Å²) in [4.78, 5) is 0. The fourth-order valence-electron chi connectivity index (χ4n) is 3.19. The summed E-state index contributed by atoms with van der Waals surface area (Å²) in [5, 5.41) is 10.1. The maximum absolute atomic E-state index is 10.1. The number of hydrogen-bond acceptors (Lipinski definition) is 1. The Hall–Kier alpha value is 0.499. The topological polar surface area (TPSA) is 20.2 Å². The van der Waals surface area contributed by atoms with Gasteiger partial charge in [0.15, 0.2) is 0 Å². The molecule has 0 aromatic heterocycles. The second kappa shape index (κ2) is 13.2. The van der Waals surface area contributed by atoms with Crippen LogP contribution in [0.1, 0.15) is 72.1 Å². The van der Waals surface area contributed by atoms with Gasteiger partial charge in [0.25, 0.3) is 0 Å². The quantitative estimate of drug-likeness (QED) is 0.279. The molecule has 0 aromatic carbocycles. The van der Waals surface area contributed by atoms with Crippen molar-refractivity contribution in [1.82, 2.24) is 0 Å². The Labute approximate surface area is 132 Å². The normalized spacial score (nSPS) is 13.4. The summed E-state index contributed by atoms with van der Waals surface area (Å²) in [6, 6.07) is 0. The molecule has 1 atom stereocenters. The zero-order valence-electron chi connectivity index (χ0n) is 14.3. The number of hydrogen-bond donors (Lipinski definition) is 1. The molecule has 0 rings (SSSR count). The molecule has 0 aromatic rings. The van der Waals surface area contributed by atoms with Crippen LogP contribution in [0.2, 0.25) is 17.7 Å². The molecule has 1 N–H and O–H groups in total. The van der Waals surface area contributed by atoms with Gasteiger partial charge in [0.2, 0.25) is 0 Å². The minimum atomic E-state index is -1.98. The van der Waals surface area contributed by atoms with Crippen molar-refractivity contribution in [3.63, 3.8) is 0 Å². The van der Waals surface area contributed by atoms with Crippen molar-refractivity contribution >= 4 is 18.4 Å². The van der Waals surface area contributed by atoms with Crippen LogP contribution in [-0.4, -0.2) is 29.6 Å². The SMILES string of the molecule is C=CCC(O)C[CH2][Sn]([CH2]CCC)([CH2]CCC)[CH2]CCC. The first kappa shape index (κ1) is 20.5. The third kappa shape index (κ3) is 9.44. The van der Waals surface area contributed by atoms with Crippen LogP contribution < -0.4 is 0 Å². The zero-order chi connectivity index (χ0) is 15.3. The molecule has 1 nitrogen and oxygen atoms in total. The van der Waals surface area contributed by atoms with Crippen molar-refractivity contribution < 1.29 is 5.11 Å². The van der Waals surface area contributed by atoms with Crippen LogP contribution in [0.15, 0.2) is 12.7 Å². The first-order valence-electron chi connectivity index (χ1n) is 8.93. The van der Waals surface area contributed by atoms with Crippen molar-refractivity contribution in [1.29, 1.82) is 0 Å². The summed E-state index contributed by atoms with van der Waals surface area (Å²) in [5.41, 5.74) is 0. The molecule has 0 heterocycles. The fraction of sp³-hybridized carbons (Fsp3) is 0.889. The van der Waals surface area contributed by atoms with Crippen molar-refractivity contribution in [3.05, 3.63) is 12.7 Å². The van der Waals surface area contributed by atoms with E-state index in [0.717, 1.165) is 12.8 Å². The van der Waals surface area contributed by atoms with E-state index >= 15 is 0 Å². The summed E-state index contributed by atoms with van der Waals surface area (Å²) in [7, 11) is 0. The summed E-state index contributed by atoms with van der Waals surface area (Å²) >= 11 is -1.98. The van der Waals surface area contributed by atoms with Crippen LogP contribution in [0.5, 0.6) is 0 Å². The predicted molar refractivity (Wildman–Crippen MR) is 95.1 cm³/mol. The van der Waals surface area contributed by atoms with E-state index in [4.69, 9.17) is 0 Å². The van der Waals surface area contributed by atoms with Gasteiger partial charge in [-0.3, -0.25) is 0 Å². The van der Waals surface area contributed by atoms with E-state index in [1.54, 1.807) is 13.3 Å². The number of unbranched alkanes of at least 4 members (excludes halogenated alkanes) is 3. The molecule has 2 heteroatoms. The maximum atomic E-state index is 10.1. The summed E-state index contributed by atoms with van der Waals surface area (Å²) in [5.74, 6) is 0. The van der Waals surface area contributed by atoms with Crippen LogP contribution in [0.3, 0.4) is 0 Å². The molecule has 0 saturated heterocycles. The summed E-state index contributed by atoms with van der Waals surface area (Å²) in [6.07, 6.45) is 11.9. The van der Waals surface area contributed by atoms with Gasteiger partial charge in [0.05, 0.1) is 0 Å². The molecule has 0 amide bonds. The molecule has 0 aliphatic heterocycles. The van der Waals surface area contributed by atoms with Crippen LogP contribution in [0, 0.1) is 0 Å². The molecule has 120 valence electrons. The molecule has 1 unspecified atom stereocenters. The third-order valence-electron chi connectivity index (χ3n) is 4.63. The summed E-state index contributed by atoms with van der Waals surface area (Å²) in [6.45, 7) is 10.7. The van der Waals surface area contributed by atoms with Gasteiger partial charge in [-0.15, -0.1) is 0 Å². The molecular formula is C18H38OSn. The molecule has 20 heavy (non-hydrogen) atoms. The Bertz CT molecular complexity index is 206. The first-order valence-corrected chi connectivity index (χ1v) is 17.0. The van der Waals surface area contributed by atoms with E-state index in [9.17, 15) is 5.11 Å². The molecule has 0 radical (unpaired) electrons. The van der Waals surface area contributed by atoms with Gasteiger partial charge < -0.3 is 0 Å². The molecule has 0 aliphatic carbocycles. The fourth-order valence-corrected chi connectivity index (χ4v) is 19.6. The van der Waals surface area contributed by atoms with Crippen molar-refractivity contribution in [3.8, 4) is 0 Å². The average Bonchev–Trinajstić information content (AvgIpc) is 2.46. The molecule has 0 fully saturated rings. The van der Waals surface area contributed by atoms with Crippen LogP contribution in [0.25, 0.3) is 0 Å². The Morgan fingerprint density at radius 3 is 1.70 bits per heavy atom. The Morgan fingerprint density at radius 2 is 1.35 bits per heavy atom. The van der Waals surface area contributed by atoms with E-state index in [1.807, 2.05) is 6.08 Å². The van der Waals surface area contributed by atoms with Gasteiger partial charge in [0, 0.05) is 0 Å². The standard InChI is InChI=1S/C6H11O.3C4H9.Sn/c1-3-5-6(7)4-2;3*1-3-4-2;/h3,6-7H,1-2,4-5H2;3*1,3-4H2,2H3;. The molecular weight excluding hydrogens is 351 g/mol. The van der Waals surface area contributed by atoms with E-state index in [1.165, 1.54) is 43.0 Å². The van der Waals surface area contributed by atoms with E-state index < -0.39 is 18.4 Å². The Balaban J connectivity index is 4.60. The van der Waals surface area contributed by atoms with Crippen molar-refractivity contribution in [2.75, 3.05) is 0 Å². The van der Waals surface area contributed by atoms with Crippen LogP contribution >= 0.6 is 0 Å². The third-order valence-corrected chi connectivity index (χ3v) is 20.6. The number of rotatable bonds is 14.